The van der Waals surface area contributed by atoms with Crippen LogP contribution in [0.5, 0.6) is 5.75 Å². The van der Waals surface area contributed by atoms with Crippen molar-refractivity contribution in [2.45, 2.75) is 31.3 Å². The van der Waals surface area contributed by atoms with Crippen LogP contribution in [-0.4, -0.2) is 28.6 Å². The maximum atomic E-state index is 11.7. The van der Waals surface area contributed by atoms with Crippen molar-refractivity contribution >= 4 is 19.7 Å². The number of hydrogen-bond donors (Lipinski definition) is 0. The lowest BCUT2D eigenvalue weighted by Gasteiger charge is -2.12. The first-order chi connectivity index (χ1) is 9.79. The van der Waals surface area contributed by atoms with Crippen molar-refractivity contribution in [2.75, 3.05) is 0 Å². The quantitative estimate of drug-likeness (QED) is 0.777. The third-order valence-corrected chi connectivity index (χ3v) is 4.30. The predicted octanol–water partition coefficient (Wildman–Crippen LogP) is 1.84. The molecule has 0 saturated carbocycles. The monoisotopic (exact) mass is 330 g/mol. The van der Waals surface area contributed by atoms with Crippen LogP contribution in [0.15, 0.2) is 23.1 Å². The maximum Gasteiger partial charge on any atom is 0.264 e. The van der Waals surface area contributed by atoms with Gasteiger partial charge in [-0.1, -0.05) is 19.9 Å². The first kappa shape index (κ1) is 15.7. The molecule has 0 atom stereocenters. The van der Waals surface area contributed by atoms with E-state index in [1.54, 1.807) is 19.2 Å². The fourth-order valence-electron chi connectivity index (χ4n) is 1.71. The standard InChI is InChI=1S/C12H15ClN4O3S/c1-8(2)9-4-5-10(11(6-9)21(13,18)19)20-7-12-14-15-16-17(12)3/h4-6,8H,7H2,1-3H3. The fourth-order valence-corrected chi connectivity index (χ4v) is 2.71. The highest BCUT2D eigenvalue weighted by molar-refractivity contribution is 8.13. The van der Waals surface area contributed by atoms with E-state index >= 15 is 0 Å². The number of aryl methyl sites for hydroxylation is 1. The Kier molecular flexibility index (Phi) is 4.48. The minimum atomic E-state index is -3.90. The van der Waals surface area contributed by atoms with Crippen LogP contribution in [0.25, 0.3) is 0 Å². The van der Waals surface area contributed by atoms with Crippen LogP contribution in [0.1, 0.15) is 31.2 Å². The van der Waals surface area contributed by atoms with E-state index in [0.717, 1.165) is 5.56 Å². The van der Waals surface area contributed by atoms with Crippen LogP contribution in [0.3, 0.4) is 0 Å². The second-order valence-corrected chi connectivity index (χ2v) is 7.34. The summed E-state index contributed by atoms with van der Waals surface area (Å²) in [6, 6.07) is 4.92. The molecule has 0 saturated heterocycles. The summed E-state index contributed by atoms with van der Waals surface area (Å²) in [4.78, 5) is -0.0505. The van der Waals surface area contributed by atoms with Crippen molar-refractivity contribution in [3.63, 3.8) is 0 Å². The van der Waals surface area contributed by atoms with Crippen molar-refractivity contribution < 1.29 is 13.2 Å². The third-order valence-electron chi connectivity index (χ3n) is 2.96. The zero-order chi connectivity index (χ0) is 15.6. The normalized spacial score (nSPS) is 11.9. The molecule has 2 rings (SSSR count). The molecule has 0 radical (unpaired) electrons. The SMILES string of the molecule is CC(C)c1ccc(OCc2nnnn2C)c(S(=O)(=O)Cl)c1. The fraction of sp³-hybridized carbons (Fsp3) is 0.417. The van der Waals surface area contributed by atoms with Crippen LogP contribution in [-0.2, 0) is 22.7 Å². The molecule has 0 unspecified atom stereocenters. The van der Waals surface area contributed by atoms with Crippen LogP contribution < -0.4 is 4.74 Å². The lowest BCUT2D eigenvalue weighted by atomic mass is 10.0. The van der Waals surface area contributed by atoms with Crippen molar-refractivity contribution in [3.8, 4) is 5.75 Å². The summed E-state index contributed by atoms with van der Waals surface area (Å²) in [6.45, 7) is 3.97. The van der Waals surface area contributed by atoms with Crippen molar-refractivity contribution in [1.82, 2.24) is 20.2 Å². The molecule has 1 aromatic carbocycles. The van der Waals surface area contributed by atoms with Gasteiger partial charge >= 0.3 is 0 Å². The molecule has 21 heavy (non-hydrogen) atoms. The first-order valence-electron chi connectivity index (χ1n) is 6.21. The predicted molar refractivity (Wildman–Crippen MR) is 76.7 cm³/mol. The lowest BCUT2D eigenvalue weighted by molar-refractivity contribution is 0.282. The summed E-state index contributed by atoms with van der Waals surface area (Å²) in [5.74, 6) is 0.831. The largest absolute Gasteiger partial charge is 0.484 e. The molecule has 0 aliphatic rings. The highest BCUT2D eigenvalue weighted by Crippen LogP contribution is 2.30. The molecule has 0 aliphatic carbocycles. The second kappa shape index (κ2) is 5.98. The number of benzene rings is 1. The number of halogens is 1. The lowest BCUT2D eigenvalue weighted by Crippen LogP contribution is -2.07. The van der Waals surface area contributed by atoms with Gasteiger partial charge in [-0.2, -0.15) is 0 Å². The highest BCUT2D eigenvalue weighted by Gasteiger charge is 2.19. The number of nitrogens with zero attached hydrogens (tertiary/aromatic N) is 4. The Balaban J connectivity index is 2.32. The van der Waals surface area contributed by atoms with E-state index in [9.17, 15) is 8.42 Å². The van der Waals surface area contributed by atoms with Crippen molar-refractivity contribution in [2.24, 2.45) is 7.05 Å². The number of tetrazole rings is 1. The van der Waals surface area contributed by atoms with Crippen LogP contribution in [0.4, 0.5) is 0 Å². The van der Waals surface area contributed by atoms with Gasteiger partial charge in [0.05, 0.1) is 0 Å². The van der Waals surface area contributed by atoms with Gasteiger partial charge in [0.25, 0.3) is 9.05 Å². The Morgan fingerprint density at radius 1 is 1.38 bits per heavy atom. The molecule has 0 aliphatic heterocycles. The van der Waals surface area contributed by atoms with Gasteiger partial charge in [0.2, 0.25) is 0 Å². The smallest absolute Gasteiger partial charge is 0.264 e. The summed E-state index contributed by atoms with van der Waals surface area (Å²) in [5.41, 5.74) is 0.863. The molecule has 0 N–H and O–H groups in total. The first-order valence-corrected chi connectivity index (χ1v) is 8.52. The Hall–Kier alpha value is -1.67. The van der Waals surface area contributed by atoms with E-state index < -0.39 is 9.05 Å². The van der Waals surface area contributed by atoms with Crippen LogP contribution >= 0.6 is 10.7 Å². The topological polar surface area (TPSA) is 87.0 Å². The van der Waals surface area contributed by atoms with Crippen molar-refractivity contribution in [1.29, 1.82) is 0 Å². The molecule has 1 heterocycles. The number of ether oxygens (including phenoxy) is 1. The van der Waals surface area contributed by atoms with E-state index in [4.69, 9.17) is 15.4 Å². The van der Waals surface area contributed by atoms with E-state index in [0.29, 0.717) is 5.82 Å². The molecule has 0 bridgehead atoms. The van der Waals surface area contributed by atoms with Crippen LogP contribution in [0.2, 0.25) is 0 Å². The minimum Gasteiger partial charge on any atom is -0.484 e. The summed E-state index contributed by atoms with van der Waals surface area (Å²) >= 11 is 0. The molecule has 1 aromatic heterocycles. The second-order valence-electron chi connectivity index (χ2n) is 4.81. The van der Waals surface area contributed by atoms with Gasteiger partial charge in [-0.15, -0.1) is 5.10 Å². The third kappa shape index (κ3) is 3.70. The van der Waals surface area contributed by atoms with Gasteiger partial charge in [-0.25, -0.2) is 13.1 Å². The molecule has 9 heteroatoms. The van der Waals surface area contributed by atoms with Gasteiger partial charge in [0, 0.05) is 17.7 Å². The van der Waals surface area contributed by atoms with Crippen LogP contribution in [0, 0.1) is 0 Å². The zero-order valence-corrected chi connectivity index (χ0v) is 13.4. The van der Waals surface area contributed by atoms with Gasteiger partial charge < -0.3 is 4.74 Å². The van der Waals surface area contributed by atoms with E-state index in [1.807, 2.05) is 13.8 Å². The summed E-state index contributed by atoms with van der Waals surface area (Å²) in [5, 5.41) is 10.9. The number of hydrogen-bond acceptors (Lipinski definition) is 6. The minimum absolute atomic E-state index is 0.0456. The van der Waals surface area contributed by atoms with Gasteiger partial charge in [-0.05, 0) is 34.0 Å². The van der Waals surface area contributed by atoms with E-state index in [-0.39, 0.29) is 23.2 Å². The van der Waals surface area contributed by atoms with E-state index in [2.05, 4.69) is 15.5 Å². The Bertz CT molecular complexity index is 743. The molecular weight excluding hydrogens is 316 g/mol. The average molecular weight is 331 g/mol. The molecule has 7 nitrogen and oxygen atoms in total. The molecule has 0 spiro atoms. The summed E-state index contributed by atoms with van der Waals surface area (Å²) < 4.78 is 30.3. The highest BCUT2D eigenvalue weighted by atomic mass is 35.7. The molecule has 2 aromatic rings. The molecule has 114 valence electrons. The summed E-state index contributed by atoms with van der Waals surface area (Å²) in [6.07, 6.45) is 0. The zero-order valence-electron chi connectivity index (χ0n) is 11.8. The Morgan fingerprint density at radius 2 is 2.10 bits per heavy atom. The molecule has 0 amide bonds. The molecule has 0 fully saturated rings. The molecular formula is C12H15ClN4O3S. The van der Waals surface area contributed by atoms with Gasteiger partial charge in [0.1, 0.15) is 17.3 Å². The average Bonchev–Trinajstić information content (AvgIpc) is 2.80. The Labute approximate surface area is 127 Å². The van der Waals surface area contributed by atoms with Gasteiger partial charge in [-0.3, -0.25) is 0 Å². The van der Waals surface area contributed by atoms with Gasteiger partial charge in [0.15, 0.2) is 5.82 Å². The van der Waals surface area contributed by atoms with E-state index in [1.165, 1.54) is 10.7 Å². The number of rotatable bonds is 5. The Morgan fingerprint density at radius 3 is 2.62 bits per heavy atom. The number of aromatic nitrogens is 4. The maximum absolute atomic E-state index is 11.7. The summed E-state index contributed by atoms with van der Waals surface area (Å²) in [7, 11) is 3.24. The van der Waals surface area contributed by atoms with Crippen molar-refractivity contribution in [3.05, 3.63) is 29.6 Å².